The molecule has 4 heteroatoms. The summed E-state index contributed by atoms with van der Waals surface area (Å²) in [5.41, 5.74) is 1.91. The van der Waals surface area contributed by atoms with Crippen molar-refractivity contribution in [3.8, 4) is 5.75 Å². The number of benzene rings is 1. The second-order valence-electron chi connectivity index (χ2n) is 4.58. The molecule has 0 unspecified atom stereocenters. The highest BCUT2D eigenvalue weighted by atomic mass is 35.5. The molecule has 0 fully saturated rings. The summed E-state index contributed by atoms with van der Waals surface area (Å²) < 4.78 is 10.3. The molecule has 0 bridgehead atoms. The molecule has 100 valence electrons. The topological polar surface area (TPSA) is 35.5 Å². The lowest BCUT2D eigenvalue weighted by atomic mass is 10.0. The van der Waals surface area contributed by atoms with Gasteiger partial charge in [0.15, 0.2) is 6.10 Å². The van der Waals surface area contributed by atoms with Gasteiger partial charge in [0.2, 0.25) is 0 Å². The average Bonchev–Trinajstić information content (AvgIpc) is 2.31. The van der Waals surface area contributed by atoms with Crippen molar-refractivity contribution in [1.29, 1.82) is 0 Å². The lowest BCUT2D eigenvalue weighted by molar-refractivity contribution is -0.147. The molecule has 1 aromatic rings. The molecule has 3 nitrogen and oxygen atoms in total. The second-order valence-corrected chi connectivity index (χ2v) is 4.98. The van der Waals surface area contributed by atoms with Crippen LogP contribution in [0.25, 0.3) is 0 Å². The van der Waals surface area contributed by atoms with Crippen molar-refractivity contribution in [2.24, 2.45) is 0 Å². The van der Waals surface area contributed by atoms with Crippen LogP contribution in [0.5, 0.6) is 5.75 Å². The Morgan fingerprint density at radius 3 is 2.39 bits per heavy atom. The summed E-state index contributed by atoms with van der Waals surface area (Å²) >= 11 is 6.11. The van der Waals surface area contributed by atoms with Crippen molar-refractivity contribution in [1.82, 2.24) is 0 Å². The van der Waals surface area contributed by atoms with Gasteiger partial charge in [0.25, 0.3) is 0 Å². The number of carbonyl (C=O) groups is 1. The Bertz CT molecular complexity index is 441. The molecule has 0 saturated heterocycles. The third-order valence-corrected chi connectivity index (χ3v) is 3.16. The lowest BCUT2D eigenvalue weighted by Gasteiger charge is -2.18. The minimum atomic E-state index is -0.631. The largest absolute Gasteiger partial charge is 0.479 e. The Labute approximate surface area is 113 Å². The monoisotopic (exact) mass is 270 g/mol. The summed E-state index contributed by atoms with van der Waals surface area (Å²) in [7, 11) is 1.35. The molecule has 0 spiro atoms. The van der Waals surface area contributed by atoms with Crippen LogP contribution in [-0.4, -0.2) is 19.2 Å². The number of aryl methyl sites for hydroxylation is 1. The van der Waals surface area contributed by atoms with E-state index in [-0.39, 0.29) is 5.92 Å². The van der Waals surface area contributed by atoms with Crippen molar-refractivity contribution in [3.63, 3.8) is 0 Å². The standard InChI is InChI=1S/C14H19ClO3/c1-8(2)11-7-12(15)9(3)6-13(11)18-10(4)14(16)17-5/h6-8,10H,1-5H3/t10-/m1/s1. The van der Waals surface area contributed by atoms with Crippen LogP contribution in [0.1, 0.15) is 37.8 Å². The first-order valence-electron chi connectivity index (χ1n) is 5.91. The molecule has 0 aliphatic heterocycles. The summed E-state index contributed by atoms with van der Waals surface area (Å²) in [5, 5.41) is 0.705. The number of methoxy groups -OCH3 is 1. The smallest absolute Gasteiger partial charge is 0.346 e. The summed E-state index contributed by atoms with van der Waals surface area (Å²) in [6.07, 6.45) is -0.631. The first-order valence-corrected chi connectivity index (χ1v) is 6.29. The summed E-state index contributed by atoms with van der Waals surface area (Å²) in [4.78, 5) is 11.4. The zero-order chi connectivity index (χ0) is 13.9. The summed E-state index contributed by atoms with van der Waals surface area (Å²) in [5.74, 6) is 0.560. The lowest BCUT2D eigenvalue weighted by Crippen LogP contribution is -2.25. The van der Waals surface area contributed by atoms with Crippen LogP contribution in [0.15, 0.2) is 12.1 Å². The van der Waals surface area contributed by atoms with Gasteiger partial charge in [-0.2, -0.15) is 0 Å². The summed E-state index contributed by atoms with van der Waals surface area (Å²) in [6, 6.07) is 3.75. The number of halogens is 1. The minimum absolute atomic E-state index is 0.267. The molecule has 0 aromatic heterocycles. The van der Waals surface area contributed by atoms with E-state index < -0.39 is 12.1 Å². The fourth-order valence-electron chi connectivity index (χ4n) is 1.63. The van der Waals surface area contributed by atoms with Crippen molar-refractivity contribution in [3.05, 3.63) is 28.3 Å². The number of rotatable bonds is 4. The minimum Gasteiger partial charge on any atom is -0.479 e. The SMILES string of the molecule is COC(=O)[C@@H](C)Oc1cc(C)c(Cl)cc1C(C)C. The van der Waals surface area contributed by atoms with Crippen molar-refractivity contribution in [2.75, 3.05) is 7.11 Å². The first-order chi connectivity index (χ1) is 8.36. The van der Waals surface area contributed by atoms with Gasteiger partial charge < -0.3 is 9.47 Å². The van der Waals surface area contributed by atoms with E-state index in [1.165, 1.54) is 7.11 Å². The molecular formula is C14H19ClO3. The van der Waals surface area contributed by atoms with E-state index in [9.17, 15) is 4.79 Å². The molecule has 0 N–H and O–H groups in total. The Kier molecular flexibility index (Phi) is 5.03. The molecule has 0 aliphatic rings. The van der Waals surface area contributed by atoms with E-state index in [2.05, 4.69) is 18.6 Å². The Morgan fingerprint density at radius 2 is 1.89 bits per heavy atom. The van der Waals surface area contributed by atoms with Crippen molar-refractivity contribution in [2.45, 2.75) is 39.7 Å². The van der Waals surface area contributed by atoms with Crippen LogP contribution in [0.4, 0.5) is 0 Å². The molecule has 18 heavy (non-hydrogen) atoms. The van der Waals surface area contributed by atoms with Gasteiger partial charge in [-0.15, -0.1) is 0 Å². The molecule has 0 saturated carbocycles. The first kappa shape index (κ1) is 14.8. The van der Waals surface area contributed by atoms with Gasteiger partial charge in [0.05, 0.1) is 7.11 Å². The fraction of sp³-hybridized carbons (Fsp3) is 0.500. The van der Waals surface area contributed by atoms with Gasteiger partial charge in [0.1, 0.15) is 5.75 Å². The van der Waals surface area contributed by atoms with Gasteiger partial charge in [-0.05, 0) is 43.0 Å². The van der Waals surface area contributed by atoms with Crippen molar-refractivity contribution < 1.29 is 14.3 Å². The van der Waals surface area contributed by atoms with Gasteiger partial charge in [-0.1, -0.05) is 25.4 Å². The van der Waals surface area contributed by atoms with Crippen LogP contribution in [0.2, 0.25) is 5.02 Å². The van der Waals surface area contributed by atoms with Gasteiger partial charge in [-0.3, -0.25) is 0 Å². The summed E-state index contributed by atoms with van der Waals surface area (Å²) in [6.45, 7) is 7.68. The maximum absolute atomic E-state index is 11.4. The fourth-order valence-corrected chi connectivity index (χ4v) is 1.80. The van der Waals surface area contributed by atoms with E-state index in [0.29, 0.717) is 10.8 Å². The predicted octanol–water partition coefficient (Wildman–Crippen LogP) is 3.71. The molecule has 0 heterocycles. The number of hydrogen-bond acceptors (Lipinski definition) is 3. The van der Waals surface area contributed by atoms with Gasteiger partial charge in [0, 0.05) is 5.02 Å². The maximum atomic E-state index is 11.4. The van der Waals surface area contributed by atoms with E-state index in [4.69, 9.17) is 16.3 Å². The number of hydrogen-bond donors (Lipinski definition) is 0. The molecule has 0 aliphatic carbocycles. The molecular weight excluding hydrogens is 252 g/mol. The highest BCUT2D eigenvalue weighted by molar-refractivity contribution is 6.31. The molecule has 1 rings (SSSR count). The Morgan fingerprint density at radius 1 is 1.28 bits per heavy atom. The van der Waals surface area contributed by atoms with Crippen LogP contribution in [-0.2, 0) is 9.53 Å². The highest BCUT2D eigenvalue weighted by Gasteiger charge is 2.18. The quantitative estimate of drug-likeness (QED) is 0.783. The Hall–Kier alpha value is -1.22. The van der Waals surface area contributed by atoms with Gasteiger partial charge in [-0.25, -0.2) is 4.79 Å². The van der Waals surface area contributed by atoms with Gasteiger partial charge >= 0.3 is 5.97 Å². The number of ether oxygens (including phenoxy) is 2. The normalized spacial score (nSPS) is 12.4. The van der Waals surface area contributed by atoms with Crippen LogP contribution >= 0.6 is 11.6 Å². The van der Waals surface area contributed by atoms with Crippen molar-refractivity contribution >= 4 is 17.6 Å². The Balaban J connectivity index is 3.07. The molecule has 0 amide bonds. The van der Waals surface area contributed by atoms with E-state index in [0.717, 1.165) is 11.1 Å². The second kappa shape index (κ2) is 6.10. The maximum Gasteiger partial charge on any atom is 0.346 e. The molecule has 0 radical (unpaired) electrons. The zero-order valence-electron chi connectivity index (χ0n) is 11.4. The average molecular weight is 271 g/mol. The van der Waals surface area contributed by atoms with E-state index in [1.807, 2.05) is 19.1 Å². The number of carbonyl (C=O) groups excluding carboxylic acids is 1. The number of esters is 1. The molecule has 1 aromatic carbocycles. The zero-order valence-corrected chi connectivity index (χ0v) is 12.2. The van der Waals surface area contributed by atoms with Crippen LogP contribution in [0, 0.1) is 6.92 Å². The van der Waals surface area contributed by atoms with E-state index >= 15 is 0 Å². The van der Waals surface area contributed by atoms with Crippen LogP contribution < -0.4 is 4.74 Å². The van der Waals surface area contributed by atoms with E-state index in [1.54, 1.807) is 6.92 Å². The highest BCUT2D eigenvalue weighted by Crippen LogP contribution is 2.32. The van der Waals surface area contributed by atoms with Crippen LogP contribution in [0.3, 0.4) is 0 Å². The molecule has 1 atom stereocenters. The predicted molar refractivity (Wildman–Crippen MR) is 72.4 cm³/mol. The third-order valence-electron chi connectivity index (χ3n) is 2.75. The third kappa shape index (κ3) is 3.39.